The molecule has 0 unspecified atom stereocenters. The maximum atomic E-state index is 9.16. The highest BCUT2D eigenvalue weighted by Crippen LogP contribution is 2.19. The van der Waals surface area contributed by atoms with Crippen LogP contribution in [0.5, 0.6) is 0 Å². The summed E-state index contributed by atoms with van der Waals surface area (Å²) in [5, 5.41) is 12.6. The Hall–Kier alpha value is -2.57. The van der Waals surface area contributed by atoms with Gasteiger partial charge in [0.25, 0.3) is 0 Å². The fourth-order valence-corrected chi connectivity index (χ4v) is 2.09. The summed E-state index contributed by atoms with van der Waals surface area (Å²) >= 11 is 5.88. The van der Waals surface area contributed by atoms with E-state index in [0.717, 1.165) is 16.8 Å². The van der Waals surface area contributed by atoms with E-state index in [4.69, 9.17) is 16.7 Å². The number of nitrogens with one attached hydrogen (secondary N) is 1. The van der Waals surface area contributed by atoms with Gasteiger partial charge in [-0.25, -0.2) is 15.0 Å². The summed E-state index contributed by atoms with van der Waals surface area (Å²) in [6.07, 6.45) is 3.02. The van der Waals surface area contributed by atoms with Crippen molar-refractivity contribution in [3.05, 3.63) is 59.6 Å². The molecular weight excluding hydrogens is 302 g/mol. The second kappa shape index (κ2) is 6.46. The van der Waals surface area contributed by atoms with Crippen LogP contribution < -0.4 is 5.32 Å². The number of benzene rings is 1. The Bertz CT molecular complexity index is 796. The first-order valence-corrected chi connectivity index (χ1v) is 6.90. The highest BCUT2D eigenvalue weighted by Gasteiger charge is 2.05. The van der Waals surface area contributed by atoms with Gasteiger partial charge in [0.05, 0.1) is 6.61 Å². The van der Waals surface area contributed by atoms with Crippen LogP contribution in [0.15, 0.2) is 48.9 Å². The molecule has 3 rings (SSSR count). The Balaban J connectivity index is 1.88. The van der Waals surface area contributed by atoms with Crippen molar-refractivity contribution in [3.8, 4) is 11.4 Å². The molecule has 2 aromatic heterocycles. The summed E-state index contributed by atoms with van der Waals surface area (Å²) in [7, 11) is 0. The molecule has 22 heavy (non-hydrogen) atoms. The number of hydrogen-bond acceptors (Lipinski definition) is 6. The van der Waals surface area contributed by atoms with Crippen molar-refractivity contribution >= 4 is 23.2 Å². The number of anilines is 2. The topological polar surface area (TPSA) is 83.8 Å². The van der Waals surface area contributed by atoms with Gasteiger partial charge >= 0.3 is 0 Å². The van der Waals surface area contributed by atoms with Crippen LogP contribution >= 0.6 is 11.6 Å². The third kappa shape index (κ3) is 3.36. The number of nitrogens with zero attached hydrogens (tertiary/aromatic N) is 4. The molecule has 0 aliphatic carbocycles. The summed E-state index contributed by atoms with van der Waals surface area (Å²) in [4.78, 5) is 16.5. The van der Waals surface area contributed by atoms with Crippen molar-refractivity contribution in [3.63, 3.8) is 0 Å². The lowest BCUT2D eigenvalue weighted by atomic mass is 10.2. The average Bonchev–Trinajstić information content (AvgIpc) is 2.55. The van der Waals surface area contributed by atoms with Crippen molar-refractivity contribution in [2.45, 2.75) is 6.61 Å². The van der Waals surface area contributed by atoms with Crippen LogP contribution in [0.1, 0.15) is 5.56 Å². The maximum absolute atomic E-state index is 9.16. The van der Waals surface area contributed by atoms with Crippen LogP contribution in [0.4, 0.5) is 11.6 Å². The van der Waals surface area contributed by atoms with Crippen LogP contribution in [0.2, 0.25) is 5.15 Å². The van der Waals surface area contributed by atoms with Crippen molar-refractivity contribution in [1.29, 1.82) is 0 Å². The van der Waals surface area contributed by atoms with Crippen LogP contribution in [0.3, 0.4) is 0 Å². The highest BCUT2D eigenvalue weighted by molar-refractivity contribution is 6.29. The number of halogens is 1. The summed E-state index contributed by atoms with van der Waals surface area (Å²) < 4.78 is 0. The van der Waals surface area contributed by atoms with E-state index in [2.05, 4.69) is 25.3 Å². The Morgan fingerprint density at radius 1 is 1.09 bits per heavy atom. The number of aliphatic hydroxyl groups is 1. The Morgan fingerprint density at radius 2 is 2.00 bits per heavy atom. The van der Waals surface area contributed by atoms with Gasteiger partial charge in [-0.3, -0.25) is 0 Å². The molecule has 0 aliphatic rings. The molecule has 110 valence electrons. The minimum absolute atomic E-state index is 0.0204. The average molecular weight is 314 g/mol. The monoisotopic (exact) mass is 313 g/mol. The quantitative estimate of drug-likeness (QED) is 0.721. The van der Waals surface area contributed by atoms with Gasteiger partial charge in [0, 0.05) is 17.4 Å². The lowest BCUT2D eigenvalue weighted by molar-refractivity contribution is 0.282. The molecule has 2 N–H and O–H groups in total. The predicted molar refractivity (Wildman–Crippen MR) is 83.7 cm³/mol. The van der Waals surface area contributed by atoms with Gasteiger partial charge in [0.15, 0.2) is 5.82 Å². The number of aromatic nitrogens is 4. The molecule has 0 fully saturated rings. The molecule has 0 saturated carbocycles. The summed E-state index contributed by atoms with van der Waals surface area (Å²) in [5.41, 5.74) is 2.35. The van der Waals surface area contributed by atoms with E-state index in [-0.39, 0.29) is 6.61 Å². The van der Waals surface area contributed by atoms with Gasteiger partial charge in [-0.1, -0.05) is 23.7 Å². The lowest BCUT2D eigenvalue weighted by Crippen LogP contribution is -2.00. The fraction of sp³-hybridized carbons (Fsp3) is 0.0667. The van der Waals surface area contributed by atoms with Gasteiger partial charge in [-0.2, -0.15) is 4.98 Å². The van der Waals surface area contributed by atoms with E-state index in [9.17, 15) is 0 Å². The number of rotatable bonds is 4. The van der Waals surface area contributed by atoms with Crippen molar-refractivity contribution in [1.82, 2.24) is 19.9 Å². The van der Waals surface area contributed by atoms with Crippen molar-refractivity contribution in [2.24, 2.45) is 0 Å². The largest absolute Gasteiger partial charge is 0.392 e. The van der Waals surface area contributed by atoms with Gasteiger partial charge < -0.3 is 10.4 Å². The zero-order chi connectivity index (χ0) is 15.4. The first-order valence-electron chi connectivity index (χ1n) is 6.52. The van der Waals surface area contributed by atoms with Crippen molar-refractivity contribution in [2.75, 3.05) is 5.32 Å². The lowest BCUT2D eigenvalue weighted by Gasteiger charge is -2.07. The molecule has 0 atom stereocenters. The maximum Gasteiger partial charge on any atom is 0.230 e. The Kier molecular flexibility index (Phi) is 4.22. The van der Waals surface area contributed by atoms with E-state index in [0.29, 0.717) is 16.9 Å². The third-order valence-electron chi connectivity index (χ3n) is 2.92. The zero-order valence-corrected chi connectivity index (χ0v) is 12.2. The summed E-state index contributed by atoms with van der Waals surface area (Å²) in [6.45, 7) is -0.0204. The molecule has 6 nitrogen and oxygen atoms in total. The van der Waals surface area contributed by atoms with Gasteiger partial charge in [-0.15, -0.1) is 0 Å². The molecule has 0 spiro atoms. The van der Waals surface area contributed by atoms with E-state index >= 15 is 0 Å². The van der Waals surface area contributed by atoms with Crippen LogP contribution in [0.25, 0.3) is 11.4 Å². The van der Waals surface area contributed by atoms with E-state index in [1.165, 1.54) is 6.33 Å². The standard InChI is InChI=1S/C15H12ClN5O/c16-13-7-11(4-5-17-13)14-18-9-19-15(21-14)20-12-3-1-2-10(6-12)8-22/h1-7,9,22H,8H2,(H,18,19,20,21). The van der Waals surface area contributed by atoms with Crippen molar-refractivity contribution < 1.29 is 5.11 Å². The van der Waals surface area contributed by atoms with Crippen LogP contribution in [0, 0.1) is 0 Å². The first kappa shape index (κ1) is 14.4. The predicted octanol–water partition coefficient (Wildman–Crippen LogP) is 2.82. The number of hydrogen-bond donors (Lipinski definition) is 2. The molecule has 7 heteroatoms. The second-order valence-electron chi connectivity index (χ2n) is 4.48. The Labute approximate surface area is 131 Å². The fourth-order valence-electron chi connectivity index (χ4n) is 1.91. The minimum atomic E-state index is -0.0204. The molecule has 0 bridgehead atoms. The molecule has 2 heterocycles. The molecule has 0 saturated heterocycles. The third-order valence-corrected chi connectivity index (χ3v) is 3.13. The molecule has 3 aromatic rings. The second-order valence-corrected chi connectivity index (χ2v) is 4.87. The number of pyridine rings is 1. The van der Waals surface area contributed by atoms with Gasteiger partial charge in [0.1, 0.15) is 11.5 Å². The summed E-state index contributed by atoms with van der Waals surface area (Å²) in [6, 6.07) is 10.8. The van der Waals surface area contributed by atoms with Crippen LogP contribution in [-0.2, 0) is 6.61 Å². The van der Waals surface area contributed by atoms with Gasteiger partial charge in [0.2, 0.25) is 5.95 Å². The summed E-state index contributed by atoms with van der Waals surface area (Å²) in [5.74, 6) is 0.910. The molecule has 0 radical (unpaired) electrons. The highest BCUT2D eigenvalue weighted by atomic mass is 35.5. The molecule has 0 amide bonds. The van der Waals surface area contributed by atoms with Gasteiger partial charge in [-0.05, 0) is 29.8 Å². The van der Waals surface area contributed by atoms with E-state index in [1.807, 2.05) is 24.3 Å². The zero-order valence-electron chi connectivity index (χ0n) is 11.4. The minimum Gasteiger partial charge on any atom is -0.392 e. The molecule has 0 aliphatic heterocycles. The van der Waals surface area contributed by atoms with E-state index in [1.54, 1.807) is 18.3 Å². The smallest absolute Gasteiger partial charge is 0.230 e. The molecular formula is C15H12ClN5O. The Morgan fingerprint density at radius 3 is 2.82 bits per heavy atom. The normalized spacial score (nSPS) is 10.5. The number of aliphatic hydroxyl groups excluding tert-OH is 1. The van der Waals surface area contributed by atoms with E-state index < -0.39 is 0 Å². The van der Waals surface area contributed by atoms with Crippen LogP contribution in [-0.4, -0.2) is 25.0 Å². The molecule has 1 aromatic carbocycles. The SMILES string of the molecule is OCc1cccc(Nc2ncnc(-c3ccnc(Cl)c3)n2)c1. The first-order chi connectivity index (χ1) is 10.7.